The van der Waals surface area contributed by atoms with Crippen LogP contribution in [0.1, 0.15) is 35.8 Å². The molecule has 25 heavy (non-hydrogen) atoms. The van der Waals surface area contributed by atoms with Gasteiger partial charge < -0.3 is 5.32 Å². The second-order valence-corrected chi connectivity index (χ2v) is 6.00. The van der Waals surface area contributed by atoms with Gasteiger partial charge in [-0.2, -0.15) is 0 Å². The fourth-order valence-electron chi connectivity index (χ4n) is 2.80. The third kappa shape index (κ3) is 4.77. The Kier molecular flexibility index (Phi) is 6.91. The summed E-state index contributed by atoms with van der Waals surface area (Å²) in [5, 5.41) is 3.35. The monoisotopic (exact) mass is 366 g/mol. The maximum Gasteiger partial charge on any atom is 0.254 e. The molecule has 0 aliphatic carbocycles. The van der Waals surface area contributed by atoms with Crippen LogP contribution in [0.4, 0.5) is 8.78 Å². The Bertz CT molecular complexity index is 735. The number of rotatable bonds is 7. The molecule has 0 heterocycles. The van der Waals surface area contributed by atoms with E-state index >= 15 is 0 Å². The Morgan fingerprint density at radius 1 is 1.16 bits per heavy atom. The molecule has 134 valence electrons. The molecule has 0 aliphatic rings. The zero-order chi connectivity index (χ0) is 18.4. The van der Waals surface area contributed by atoms with Crippen LogP contribution in [0.2, 0.25) is 5.02 Å². The van der Waals surface area contributed by atoms with E-state index in [0.717, 1.165) is 30.8 Å². The SMILES string of the molecule is CCN(CC)C(CNC(=O)c1ccc(F)cc1F)c1ccccc1Cl. The van der Waals surface area contributed by atoms with E-state index in [-0.39, 0.29) is 18.2 Å². The zero-order valence-electron chi connectivity index (χ0n) is 14.2. The first kappa shape index (κ1) is 19.3. The number of hydrogen-bond acceptors (Lipinski definition) is 2. The van der Waals surface area contributed by atoms with Crippen LogP contribution in [0, 0.1) is 11.6 Å². The first-order chi connectivity index (χ1) is 12.0. The van der Waals surface area contributed by atoms with Gasteiger partial charge in [-0.15, -0.1) is 0 Å². The van der Waals surface area contributed by atoms with Gasteiger partial charge in [0.25, 0.3) is 5.91 Å². The summed E-state index contributed by atoms with van der Waals surface area (Å²) >= 11 is 6.31. The van der Waals surface area contributed by atoms with Gasteiger partial charge in [0.1, 0.15) is 11.6 Å². The summed E-state index contributed by atoms with van der Waals surface area (Å²) < 4.78 is 26.8. The van der Waals surface area contributed by atoms with E-state index in [1.807, 2.05) is 32.0 Å². The molecule has 0 saturated carbocycles. The minimum Gasteiger partial charge on any atom is -0.350 e. The minimum atomic E-state index is -0.880. The molecule has 6 heteroatoms. The maximum absolute atomic E-state index is 13.8. The number of nitrogens with zero attached hydrogens (tertiary/aromatic N) is 1. The Balaban J connectivity index is 2.20. The van der Waals surface area contributed by atoms with Crippen LogP contribution in [0.25, 0.3) is 0 Å². The first-order valence-corrected chi connectivity index (χ1v) is 8.57. The van der Waals surface area contributed by atoms with Crippen molar-refractivity contribution in [3.63, 3.8) is 0 Å². The molecule has 1 atom stereocenters. The molecule has 2 rings (SSSR count). The molecule has 0 bridgehead atoms. The van der Waals surface area contributed by atoms with Crippen molar-refractivity contribution < 1.29 is 13.6 Å². The molecular weight excluding hydrogens is 346 g/mol. The largest absolute Gasteiger partial charge is 0.350 e. The lowest BCUT2D eigenvalue weighted by atomic mass is 10.0. The van der Waals surface area contributed by atoms with Gasteiger partial charge in [0.2, 0.25) is 0 Å². The quantitative estimate of drug-likeness (QED) is 0.786. The Morgan fingerprint density at radius 2 is 1.84 bits per heavy atom. The molecule has 0 aliphatic heterocycles. The molecule has 1 amide bonds. The van der Waals surface area contributed by atoms with Crippen LogP contribution in [-0.4, -0.2) is 30.4 Å². The lowest BCUT2D eigenvalue weighted by Crippen LogP contribution is -2.38. The standard InChI is InChI=1S/C19H21ClF2N2O/c1-3-24(4-2)18(14-7-5-6-8-16(14)20)12-23-19(25)15-10-9-13(21)11-17(15)22/h5-11,18H,3-4,12H2,1-2H3,(H,23,25). The van der Waals surface area contributed by atoms with Gasteiger partial charge in [0.05, 0.1) is 11.6 Å². The number of benzene rings is 2. The van der Waals surface area contributed by atoms with Gasteiger partial charge >= 0.3 is 0 Å². The van der Waals surface area contributed by atoms with E-state index in [9.17, 15) is 13.6 Å². The van der Waals surface area contributed by atoms with Crippen LogP contribution in [0.5, 0.6) is 0 Å². The molecule has 0 radical (unpaired) electrons. The van der Waals surface area contributed by atoms with Gasteiger partial charge in [-0.25, -0.2) is 8.78 Å². The van der Waals surface area contributed by atoms with E-state index in [4.69, 9.17) is 11.6 Å². The molecule has 0 spiro atoms. The van der Waals surface area contributed by atoms with Gasteiger partial charge in [-0.05, 0) is 36.9 Å². The molecule has 1 N–H and O–H groups in total. The lowest BCUT2D eigenvalue weighted by molar-refractivity contribution is 0.0931. The highest BCUT2D eigenvalue weighted by molar-refractivity contribution is 6.31. The van der Waals surface area contributed by atoms with Crippen LogP contribution >= 0.6 is 11.6 Å². The van der Waals surface area contributed by atoms with Crippen molar-refractivity contribution in [3.8, 4) is 0 Å². The predicted octanol–water partition coefficient (Wildman–Crippen LogP) is 4.43. The van der Waals surface area contributed by atoms with Gasteiger partial charge in [-0.3, -0.25) is 9.69 Å². The molecule has 2 aromatic rings. The lowest BCUT2D eigenvalue weighted by Gasteiger charge is -2.31. The number of amides is 1. The zero-order valence-corrected chi connectivity index (χ0v) is 15.0. The average Bonchev–Trinajstić information content (AvgIpc) is 2.59. The Hall–Kier alpha value is -1.98. The van der Waals surface area contributed by atoms with Crippen LogP contribution in [-0.2, 0) is 0 Å². The summed E-state index contributed by atoms with van der Waals surface area (Å²) in [5.41, 5.74) is 0.714. The number of carbonyl (C=O) groups is 1. The van der Waals surface area contributed by atoms with Crippen LogP contribution < -0.4 is 5.32 Å². The number of carbonyl (C=O) groups excluding carboxylic acids is 1. The van der Waals surface area contributed by atoms with Crippen molar-refractivity contribution in [2.75, 3.05) is 19.6 Å². The van der Waals surface area contributed by atoms with Gasteiger partial charge in [0.15, 0.2) is 0 Å². The fraction of sp³-hybridized carbons (Fsp3) is 0.316. The average molecular weight is 367 g/mol. The van der Waals surface area contributed by atoms with E-state index in [2.05, 4.69) is 10.2 Å². The predicted molar refractivity (Wildman–Crippen MR) is 95.8 cm³/mol. The molecule has 1 unspecified atom stereocenters. The van der Waals surface area contributed by atoms with Crippen molar-refractivity contribution in [1.29, 1.82) is 0 Å². The van der Waals surface area contributed by atoms with Crippen molar-refractivity contribution in [3.05, 3.63) is 70.2 Å². The third-order valence-corrected chi connectivity index (χ3v) is 4.49. The second-order valence-electron chi connectivity index (χ2n) is 5.59. The molecule has 0 fully saturated rings. The van der Waals surface area contributed by atoms with E-state index < -0.39 is 17.5 Å². The summed E-state index contributed by atoms with van der Waals surface area (Å²) in [5.74, 6) is -2.18. The fourth-order valence-corrected chi connectivity index (χ4v) is 3.07. The third-order valence-electron chi connectivity index (χ3n) is 4.15. The molecule has 0 aromatic heterocycles. The van der Waals surface area contributed by atoms with Gasteiger partial charge in [-0.1, -0.05) is 43.6 Å². The number of nitrogens with one attached hydrogen (secondary N) is 1. The minimum absolute atomic E-state index is 0.142. The highest BCUT2D eigenvalue weighted by Crippen LogP contribution is 2.27. The Labute approximate surface area is 151 Å². The van der Waals surface area contributed by atoms with Crippen LogP contribution in [0.3, 0.4) is 0 Å². The molecule has 0 saturated heterocycles. The van der Waals surface area contributed by atoms with Crippen molar-refractivity contribution in [2.45, 2.75) is 19.9 Å². The van der Waals surface area contributed by atoms with E-state index in [1.54, 1.807) is 6.07 Å². The summed E-state index contributed by atoms with van der Waals surface area (Å²) in [6, 6.07) is 10.2. The smallest absolute Gasteiger partial charge is 0.254 e. The summed E-state index contributed by atoms with van der Waals surface area (Å²) in [7, 11) is 0. The topological polar surface area (TPSA) is 32.3 Å². The van der Waals surface area contributed by atoms with E-state index in [1.165, 1.54) is 0 Å². The van der Waals surface area contributed by atoms with Crippen molar-refractivity contribution >= 4 is 17.5 Å². The Morgan fingerprint density at radius 3 is 2.44 bits per heavy atom. The molecule has 2 aromatic carbocycles. The highest BCUT2D eigenvalue weighted by Gasteiger charge is 2.22. The number of likely N-dealkylation sites (N-methyl/N-ethyl adjacent to an activating group) is 1. The number of hydrogen-bond donors (Lipinski definition) is 1. The molecule has 3 nitrogen and oxygen atoms in total. The van der Waals surface area contributed by atoms with E-state index in [0.29, 0.717) is 11.1 Å². The summed E-state index contributed by atoms with van der Waals surface area (Å²) in [6.07, 6.45) is 0. The van der Waals surface area contributed by atoms with Gasteiger partial charge in [0, 0.05) is 17.6 Å². The number of halogens is 3. The second kappa shape index (κ2) is 8.92. The van der Waals surface area contributed by atoms with Crippen molar-refractivity contribution in [2.24, 2.45) is 0 Å². The molecular formula is C19H21ClF2N2O. The maximum atomic E-state index is 13.8. The van der Waals surface area contributed by atoms with Crippen molar-refractivity contribution in [1.82, 2.24) is 10.2 Å². The summed E-state index contributed by atoms with van der Waals surface area (Å²) in [4.78, 5) is 14.4. The van der Waals surface area contributed by atoms with Crippen LogP contribution in [0.15, 0.2) is 42.5 Å². The first-order valence-electron chi connectivity index (χ1n) is 8.19. The normalized spacial score (nSPS) is 12.2. The summed E-state index contributed by atoms with van der Waals surface area (Å²) in [6.45, 7) is 5.85. The highest BCUT2D eigenvalue weighted by atomic mass is 35.5.